The first-order valence-electron chi connectivity index (χ1n) is 7.91. The summed E-state index contributed by atoms with van der Waals surface area (Å²) in [7, 11) is 3.24. The molecule has 0 aliphatic heterocycles. The van der Waals surface area contributed by atoms with Gasteiger partial charge in [-0.3, -0.25) is 14.9 Å². The van der Waals surface area contributed by atoms with Crippen LogP contribution in [0.1, 0.15) is 10.4 Å². The molecule has 2 aromatic carbocycles. The van der Waals surface area contributed by atoms with Gasteiger partial charge in [-0.15, -0.1) is 0 Å². The molecule has 0 atom stereocenters. The van der Waals surface area contributed by atoms with Crippen molar-refractivity contribution in [1.29, 1.82) is 0 Å². The zero-order valence-electron chi connectivity index (χ0n) is 14.1. The molecular formula is C19H15N3O3S. The molecule has 0 aliphatic rings. The van der Waals surface area contributed by atoms with E-state index in [1.54, 1.807) is 38.6 Å². The van der Waals surface area contributed by atoms with Gasteiger partial charge in [0.1, 0.15) is 5.75 Å². The van der Waals surface area contributed by atoms with Crippen LogP contribution in [0.15, 0.2) is 53.5 Å². The molecule has 2 aromatic heterocycles. The minimum absolute atomic E-state index is 0.135. The van der Waals surface area contributed by atoms with E-state index in [1.807, 2.05) is 24.3 Å². The number of ether oxygens (including phenoxy) is 1. The van der Waals surface area contributed by atoms with Gasteiger partial charge in [-0.05, 0) is 24.3 Å². The van der Waals surface area contributed by atoms with Gasteiger partial charge in [0.05, 0.1) is 22.9 Å². The van der Waals surface area contributed by atoms with Crippen molar-refractivity contribution >= 4 is 43.4 Å². The van der Waals surface area contributed by atoms with Gasteiger partial charge in [0, 0.05) is 24.0 Å². The summed E-state index contributed by atoms with van der Waals surface area (Å²) in [6, 6.07) is 12.6. The van der Waals surface area contributed by atoms with Gasteiger partial charge in [0.15, 0.2) is 5.13 Å². The van der Waals surface area contributed by atoms with Crippen LogP contribution in [0.4, 0.5) is 5.13 Å². The van der Waals surface area contributed by atoms with Gasteiger partial charge in [0.25, 0.3) is 11.5 Å². The highest BCUT2D eigenvalue weighted by molar-refractivity contribution is 7.22. The molecule has 0 radical (unpaired) electrons. The lowest BCUT2D eigenvalue weighted by molar-refractivity contribution is 0.102. The van der Waals surface area contributed by atoms with Crippen LogP contribution >= 0.6 is 11.3 Å². The summed E-state index contributed by atoms with van der Waals surface area (Å²) in [4.78, 5) is 29.5. The Kier molecular flexibility index (Phi) is 3.93. The van der Waals surface area contributed by atoms with Crippen LogP contribution in [0.5, 0.6) is 5.75 Å². The Hall–Kier alpha value is -3.19. The summed E-state index contributed by atoms with van der Waals surface area (Å²) in [5.74, 6) is 0.436. The number of thiazole rings is 1. The highest BCUT2D eigenvalue weighted by Gasteiger charge is 2.15. The topological polar surface area (TPSA) is 73.2 Å². The maximum Gasteiger partial charge on any atom is 0.259 e. The van der Waals surface area contributed by atoms with E-state index in [9.17, 15) is 9.59 Å². The summed E-state index contributed by atoms with van der Waals surface area (Å²) < 4.78 is 7.55. The number of rotatable bonds is 3. The quantitative estimate of drug-likeness (QED) is 0.604. The molecule has 0 saturated carbocycles. The molecule has 7 heteroatoms. The van der Waals surface area contributed by atoms with Crippen molar-refractivity contribution in [3.8, 4) is 5.75 Å². The van der Waals surface area contributed by atoms with E-state index in [4.69, 9.17) is 4.74 Å². The smallest absolute Gasteiger partial charge is 0.259 e. The zero-order valence-corrected chi connectivity index (χ0v) is 15.0. The van der Waals surface area contributed by atoms with Crippen LogP contribution in [0.25, 0.3) is 21.0 Å². The molecule has 4 rings (SSSR count). The third-order valence-electron chi connectivity index (χ3n) is 4.15. The fourth-order valence-corrected chi connectivity index (χ4v) is 3.74. The second-order valence-corrected chi connectivity index (χ2v) is 6.84. The predicted molar refractivity (Wildman–Crippen MR) is 103 cm³/mol. The Labute approximate surface area is 152 Å². The average molecular weight is 365 g/mol. The van der Waals surface area contributed by atoms with Crippen molar-refractivity contribution in [2.75, 3.05) is 12.4 Å². The summed E-state index contributed by atoms with van der Waals surface area (Å²) in [6.07, 6.45) is 1.55. The number of hydrogen-bond donors (Lipinski definition) is 1. The average Bonchev–Trinajstić information content (AvgIpc) is 3.05. The van der Waals surface area contributed by atoms with Crippen LogP contribution in [-0.4, -0.2) is 22.6 Å². The summed E-state index contributed by atoms with van der Waals surface area (Å²) in [5.41, 5.74) is 1.08. The lowest BCUT2D eigenvalue weighted by Gasteiger charge is -2.08. The number of hydrogen-bond acceptors (Lipinski definition) is 5. The first-order valence-corrected chi connectivity index (χ1v) is 8.73. The number of aromatic nitrogens is 2. The van der Waals surface area contributed by atoms with E-state index in [2.05, 4.69) is 10.3 Å². The van der Waals surface area contributed by atoms with Crippen LogP contribution in [0.3, 0.4) is 0 Å². The van der Waals surface area contributed by atoms with Crippen LogP contribution < -0.4 is 15.6 Å². The van der Waals surface area contributed by atoms with E-state index in [1.165, 1.54) is 15.9 Å². The first kappa shape index (κ1) is 16.3. The molecule has 0 saturated heterocycles. The summed E-state index contributed by atoms with van der Waals surface area (Å²) in [5, 5.41) is 4.46. The first-order chi connectivity index (χ1) is 12.6. The molecule has 6 nitrogen and oxygen atoms in total. The Morgan fingerprint density at radius 3 is 2.73 bits per heavy atom. The maximum absolute atomic E-state index is 12.8. The molecule has 1 amide bonds. The third-order valence-corrected chi connectivity index (χ3v) is 5.09. The van der Waals surface area contributed by atoms with Crippen molar-refractivity contribution < 1.29 is 9.53 Å². The largest absolute Gasteiger partial charge is 0.497 e. The fraction of sp³-hybridized carbons (Fsp3) is 0.105. The Morgan fingerprint density at radius 2 is 1.96 bits per heavy atom. The highest BCUT2D eigenvalue weighted by atomic mass is 32.1. The van der Waals surface area contributed by atoms with E-state index in [0.29, 0.717) is 21.5 Å². The van der Waals surface area contributed by atoms with Crippen LogP contribution in [0.2, 0.25) is 0 Å². The lowest BCUT2D eigenvalue weighted by atomic mass is 10.1. The second kappa shape index (κ2) is 6.27. The predicted octanol–water partition coefficient (Wildman–Crippen LogP) is 3.41. The van der Waals surface area contributed by atoms with Gasteiger partial charge in [-0.2, -0.15) is 0 Å². The number of aryl methyl sites for hydroxylation is 1. The fourth-order valence-electron chi connectivity index (χ4n) is 2.85. The Balaban J connectivity index is 1.74. The van der Waals surface area contributed by atoms with Crippen molar-refractivity contribution in [3.63, 3.8) is 0 Å². The molecule has 2 heterocycles. The van der Waals surface area contributed by atoms with E-state index in [-0.39, 0.29) is 11.5 Å². The van der Waals surface area contributed by atoms with Crippen molar-refractivity contribution in [3.05, 3.63) is 64.6 Å². The third kappa shape index (κ3) is 2.72. The van der Waals surface area contributed by atoms with Gasteiger partial charge >= 0.3 is 0 Å². The minimum atomic E-state index is -0.303. The van der Waals surface area contributed by atoms with E-state index < -0.39 is 0 Å². The summed E-state index contributed by atoms with van der Waals surface area (Å²) >= 11 is 1.37. The molecule has 4 aromatic rings. The maximum atomic E-state index is 12.8. The molecule has 0 aliphatic carbocycles. The number of anilines is 1. The number of fused-ring (bicyclic) bond motifs is 2. The lowest BCUT2D eigenvalue weighted by Crippen LogP contribution is -2.21. The zero-order chi connectivity index (χ0) is 18.3. The van der Waals surface area contributed by atoms with Gasteiger partial charge in [-0.1, -0.05) is 29.5 Å². The van der Waals surface area contributed by atoms with Gasteiger partial charge < -0.3 is 9.30 Å². The van der Waals surface area contributed by atoms with Gasteiger partial charge in [0.2, 0.25) is 0 Å². The second-order valence-electron chi connectivity index (χ2n) is 5.81. The molecule has 130 valence electrons. The number of nitrogens with one attached hydrogen (secondary N) is 1. The molecule has 0 unspecified atom stereocenters. The number of amides is 1. The molecular weight excluding hydrogens is 350 g/mol. The monoisotopic (exact) mass is 365 g/mol. The number of pyridine rings is 1. The SMILES string of the molecule is COc1ccc2nc(NC(=O)c3cn(C)c(=O)c4ccccc34)sc2c1. The number of nitrogens with zero attached hydrogens (tertiary/aromatic N) is 2. The number of methoxy groups -OCH3 is 1. The molecule has 26 heavy (non-hydrogen) atoms. The highest BCUT2D eigenvalue weighted by Crippen LogP contribution is 2.29. The normalized spacial score (nSPS) is 11.0. The van der Waals surface area contributed by atoms with Crippen LogP contribution in [0, 0.1) is 0 Å². The van der Waals surface area contributed by atoms with Crippen molar-refractivity contribution in [2.24, 2.45) is 7.05 Å². The molecule has 0 fully saturated rings. The Bertz CT molecular complexity index is 1210. The molecule has 0 spiro atoms. The standard InChI is InChI=1S/C19H15N3O3S/c1-22-10-14(12-5-3-4-6-13(12)18(22)24)17(23)21-19-20-15-8-7-11(25-2)9-16(15)26-19/h3-10H,1-2H3,(H,20,21,23). The summed E-state index contributed by atoms with van der Waals surface area (Å²) in [6.45, 7) is 0. The Morgan fingerprint density at radius 1 is 1.19 bits per heavy atom. The van der Waals surface area contributed by atoms with E-state index in [0.717, 1.165) is 16.0 Å². The van der Waals surface area contributed by atoms with Crippen LogP contribution in [-0.2, 0) is 7.05 Å². The van der Waals surface area contributed by atoms with Gasteiger partial charge in [-0.25, -0.2) is 4.98 Å². The van der Waals surface area contributed by atoms with E-state index >= 15 is 0 Å². The number of benzene rings is 2. The minimum Gasteiger partial charge on any atom is -0.497 e. The van der Waals surface area contributed by atoms with Crippen molar-refractivity contribution in [2.45, 2.75) is 0 Å². The van der Waals surface area contributed by atoms with Crippen molar-refractivity contribution in [1.82, 2.24) is 9.55 Å². The molecule has 1 N–H and O–H groups in total. The number of carbonyl (C=O) groups is 1. The molecule has 0 bridgehead atoms. The number of carbonyl (C=O) groups excluding carboxylic acids is 1.